The highest BCUT2D eigenvalue weighted by Crippen LogP contribution is 2.17. The molecule has 1 aromatic rings. The molecule has 0 aliphatic carbocycles. The van der Waals surface area contributed by atoms with Crippen molar-refractivity contribution in [1.29, 1.82) is 0 Å². The fourth-order valence-corrected chi connectivity index (χ4v) is 2.51. The van der Waals surface area contributed by atoms with Gasteiger partial charge in [0.05, 0.1) is 6.04 Å². The third-order valence-electron chi connectivity index (χ3n) is 3.81. The van der Waals surface area contributed by atoms with Crippen LogP contribution in [-0.2, 0) is 25.4 Å². The summed E-state index contributed by atoms with van der Waals surface area (Å²) >= 11 is 0. The number of carbonyl (C=O) groups excluding carboxylic acids is 1. The van der Waals surface area contributed by atoms with Crippen molar-refractivity contribution >= 4 is 6.29 Å². The molecule has 0 N–H and O–H groups in total. The third kappa shape index (κ3) is 2.68. The van der Waals surface area contributed by atoms with E-state index in [1.807, 2.05) is 4.90 Å². The van der Waals surface area contributed by atoms with E-state index in [9.17, 15) is 14.4 Å². The Bertz CT molecular complexity index is 588. The molecule has 0 aromatic carbocycles. The lowest BCUT2D eigenvalue weighted by molar-refractivity contribution is -0.113. The SMILES string of the molecule is Cn1c(CN2CCCCC2C=O)cc(=O)n(C)c1=O. The van der Waals surface area contributed by atoms with Crippen LogP contribution in [0.2, 0.25) is 0 Å². The average molecular weight is 265 g/mol. The quantitative estimate of drug-likeness (QED) is 0.700. The molecule has 19 heavy (non-hydrogen) atoms. The Morgan fingerprint density at radius 2 is 2.00 bits per heavy atom. The summed E-state index contributed by atoms with van der Waals surface area (Å²) in [5, 5.41) is 0. The summed E-state index contributed by atoms with van der Waals surface area (Å²) in [4.78, 5) is 36.6. The molecule has 0 spiro atoms. The molecule has 104 valence electrons. The van der Waals surface area contributed by atoms with Crippen LogP contribution in [0.1, 0.15) is 25.0 Å². The lowest BCUT2D eigenvalue weighted by Gasteiger charge is -2.32. The normalized spacial score (nSPS) is 20.4. The zero-order valence-corrected chi connectivity index (χ0v) is 11.3. The molecule has 6 heteroatoms. The van der Waals surface area contributed by atoms with Crippen LogP contribution in [0.3, 0.4) is 0 Å². The zero-order chi connectivity index (χ0) is 14.0. The Balaban J connectivity index is 2.30. The topological polar surface area (TPSA) is 64.3 Å². The van der Waals surface area contributed by atoms with Gasteiger partial charge in [-0.15, -0.1) is 0 Å². The molecule has 1 atom stereocenters. The van der Waals surface area contributed by atoms with Crippen LogP contribution in [0.4, 0.5) is 0 Å². The molecule has 2 heterocycles. The molecule has 1 fully saturated rings. The molecule has 1 aliphatic rings. The van der Waals surface area contributed by atoms with E-state index in [1.165, 1.54) is 17.7 Å². The Morgan fingerprint density at radius 3 is 2.68 bits per heavy atom. The number of hydrogen-bond acceptors (Lipinski definition) is 4. The van der Waals surface area contributed by atoms with Crippen LogP contribution in [0.25, 0.3) is 0 Å². The fraction of sp³-hybridized carbons (Fsp3) is 0.615. The van der Waals surface area contributed by atoms with Crippen LogP contribution in [0.5, 0.6) is 0 Å². The maximum absolute atomic E-state index is 11.8. The van der Waals surface area contributed by atoms with Crippen molar-refractivity contribution in [3.8, 4) is 0 Å². The first-order chi connectivity index (χ1) is 9.04. The predicted molar refractivity (Wildman–Crippen MR) is 71.0 cm³/mol. The van der Waals surface area contributed by atoms with E-state index in [4.69, 9.17) is 0 Å². The minimum Gasteiger partial charge on any atom is -0.302 e. The Kier molecular flexibility index (Phi) is 3.99. The highest BCUT2D eigenvalue weighted by molar-refractivity contribution is 5.57. The number of aldehydes is 1. The summed E-state index contributed by atoms with van der Waals surface area (Å²) in [6.45, 7) is 1.29. The van der Waals surface area contributed by atoms with Crippen molar-refractivity contribution in [1.82, 2.24) is 14.0 Å². The molecular formula is C13H19N3O3. The first-order valence-corrected chi connectivity index (χ1v) is 6.50. The van der Waals surface area contributed by atoms with Crippen molar-refractivity contribution in [3.05, 3.63) is 32.6 Å². The van der Waals surface area contributed by atoms with Gasteiger partial charge < -0.3 is 4.79 Å². The second-order valence-electron chi connectivity index (χ2n) is 5.04. The van der Waals surface area contributed by atoms with Gasteiger partial charge in [0.15, 0.2) is 0 Å². The number of hydrogen-bond donors (Lipinski definition) is 0. The molecule has 1 aromatic heterocycles. The van der Waals surface area contributed by atoms with E-state index in [1.54, 1.807) is 7.05 Å². The molecule has 1 saturated heterocycles. The van der Waals surface area contributed by atoms with E-state index in [0.29, 0.717) is 12.2 Å². The molecule has 0 bridgehead atoms. The van der Waals surface area contributed by atoms with Gasteiger partial charge >= 0.3 is 5.69 Å². The first-order valence-electron chi connectivity index (χ1n) is 6.50. The standard InChI is InChI=1S/C13H19N3O3/c1-14-11(7-12(18)15(2)13(14)19)8-16-6-4-3-5-10(16)9-17/h7,9-10H,3-6,8H2,1-2H3. The zero-order valence-electron chi connectivity index (χ0n) is 11.3. The molecule has 0 amide bonds. The highest BCUT2D eigenvalue weighted by atomic mass is 16.2. The van der Waals surface area contributed by atoms with E-state index in [-0.39, 0.29) is 17.3 Å². The van der Waals surface area contributed by atoms with Crippen molar-refractivity contribution in [3.63, 3.8) is 0 Å². The van der Waals surface area contributed by atoms with Gasteiger partial charge in [0, 0.05) is 32.4 Å². The summed E-state index contributed by atoms with van der Waals surface area (Å²) in [5.41, 5.74) is 0.0155. The Morgan fingerprint density at radius 1 is 1.26 bits per heavy atom. The van der Waals surface area contributed by atoms with Crippen LogP contribution in [0, 0.1) is 0 Å². The van der Waals surface area contributed by atoms with E-state index in [2.05, 4.69) is 0 Å². The second kappa shape index (κ2) is 5.52. The highest BCUT2D eigenvalue weighted by Gasteiger charge is 2.22. The number of likely N-dealkylation sites (tertiary alicyclic amines) is 1. The Hall–Kier alpha value is -1.69. The molecule has 0 radical (unpaired) electrons. The largest absolute Gasteiger partial charge is 0.330 e. The first kappa shape index (κ1) is 13.7. The van der Waals surface area contributed by atoms with Gasteiger partial charge in [-0.05, 0) is 19.4 Å². The van der Waals surface area contributed by atoms with Crippen LogP contribution in [-0.4, -0.2) is 32.9 Å². The molecule has 0 saturated carbocycles. The number of rotatable bonds is 3. The summed E-state index contributed by atoms with van der Waals surface area (Å²) < 4.78 is 2.55. The van der Waals surface area contributed by atoms with E-state index >= 15 is 0 Å². The van der Waals surface area contributed by atoms with Crippen LogP contribution in [0.15, 0.2) is 15.7 Å². The van der Waals surface area contributed by atoms with Gasteiger partial charge in [-0.1, -0.05) is 6.42 Å². The number of piperidine rings is 1. The monoisotopic (exact) mass is 265 g/mol. The minimum atomic E-state index is -0.331. The van der Waals surface area contributed by atoms with Crippen LogP contribution >= 0.6 is 0 Å². The maximum atomic E-state index is 11.8. The minimum absolute atomic E-state index is 0.104. The fourth-order valence-electron chi connectivity index (χ4n) is 2.51. The second-order valence-corrected chi connectivity index (χ2v) is 5.04. The van der Waals surface area contributed by atoms with Crippen molar-refractivity contribution in [2.75, 3.05) is 6.54 Å². The lowest BCUT2D eigenvalue weighted by atomic mass is 10.0. The van der Waals surface area contributed by atoms with E-state index in [0.717, 1.165) is 36.7 Å². The molecule has 1 aliphatic heterocycles. The lowest BCUT2D eigenvalue weighted by Crippen LogP contribution is -2.43. The molecular weight excluding hydrogens is 246 g/mol. The number of nitrogens with zero attached hydrogens (tertiary/aromatic N) is 3. The third-order valence-corrected chi connectivity index (χ3v) is 3.81. The molecule has 6 nitrogen and oxygen atoms in total. The molecule has 1 unspecified atom stereocenters. The van der Waals surface area contributed by atoms with Gasteiger partial charge in [0.25, 0.3) is 5.56 Å². The van der Waals surface area contributed by atoms with E-state index < -0.39 is 0 Å². The maximum Gasteiger partial charge on any atom is 0.330 e. The van der Waals surface area contributed by atoms with Gasteiger partial charge in [-0.2, -0.15) is 0 Å². The number of aromatic nitrogens is 2. The van der Waals surface area contributed by atoms with Gasteiger partial charge in [0.2, 0.25) is 0 Å². The average Bonchev–Trinajstić information content (AvgIpc) is 2.43. The van der Waals surface area contributed by atoms with Crippen molar-refractivity contribution in [2.45, 2.75) is 31.8 Å². The summed E-state index contributed by atoms with van der Waals surface area (Å²) in [6, 6.07) is 1.37. The van der Waals surface area contributed by atoms with Gasteiger partial charge in [-0.25, -0.2) is 4.79 Å². The molecule has 2 rings (SSSR count). The van der Waals surface area contributed by atoms with Crippen molar-refractivity contribution < 1.29 is 4.79 Å². The predicted octanol–water partition coefficient (Wildman–Crippen LogP) is -0.363. The Labute approximate surface area is 111 Å². The van der Waals surface area contributed by atoms with Gasteiger partial charge in [0.1, 0.15) is 6.29 Å². The summed E-state index contributed by atoms with van der Waals surface area (Å²) in [6.07, 6.45) is 3.90. The van der Waals surface area contributed by atoms with Crippen molar-refractivity contribution in [2.24, 2.45) is 14.1 Å². The number of carbonyl (C=O) groups is 1. The summed E-state index contributed by atoms with van der Waals surface area (Å²) in [5.74, 6) is 0. The van der Waals surface area contributed by atoms with Gasteiger partial charge in [-0.3, -0.25) is 18.8 Å². The van der Waals surface area contributed by atoms with Crippen LogP contribution < -0.4 is 11.2 Å². The summed E-state index contributed by atoms with van der Waals surface area (Å²) in [7, 11) is 3.11. The smallest absolute Gasteiger partial charge is 0.302 e.